The summed E-state index contributed by atoms with van der Waals surface area (Å²) >= 11 is 0. The standard InChI is InChI=1S/C12H18N2O3/c1-6-7-12(8(2)3)9(15)13(4)11(17)14(5)10(12)16/h6,8H,1,7H2,2-5H3/i4D3,5D3. The number of rotatable bonds is 3. The molecular weight excluding hydrogens is 220 g/mol. The number of imide groups is 2. The molecule has 1 saturated heterocycles. The number of hydrogen-bond acceptors (Lipinski definition) is 3. The number of carbonyl (C=O) groups excluding carboxylic acids is 3. The van der Waals surface area contributed by atoms with E-state index in [9.17, 15) is 14.4 Å². The van der Waals surface area contributed by atoms with Crippen molar-refractivity contribution in [3.63, 3.8) is 0 Å². The van der Waals surface area contributed by atoms with Crippen LogP contribution in [0.3, 0.4) is 0 Å². The molecule has 4 amide bonds. The molecule has 5 heteroatoms. The van der Waals surface area contributed by atoms with Crippen molar-refractivity contribution in [3.05, 3.63) is 12.7 Å². The molecule has 94 valence electrons. The SMILES string of the molecule is [2H]C([2H])([2H])N1C(=O)N(C([2H])([2H])[2H])C(=O)C(CC=C)(C(C)C)C1=O. The molecule has 1 rings (SSSR count). The molecule has 1 heterocycles. The second kappa shape index (κ2) is 4.31. The maximum Gasteiger partial charge on any atom is 0.332 e. The number of amides is 4. The second-order valence-electron chi connectivity index (χ2n) is 4.18. The summed E-state index contributed by atoms with van der Waals surface area (Å²) in [7, 11) is 0. The molecule has 1 aliphatic heterocycles. The summed E-state index contributed by atoms with van der Waals surface area (Å²) in [6.07, 6.45) is 0.940. The molecule has 0 aliphatic carbocycles. The van der Waals surface area contributed by atoms with Crippen LogP contribution in [0, 0.1) is 11.3 Å². The van der Waals surface area contributed by atoms with Crippen molar-refractivity contribution in [2.24, 2.45) is 11.3 Å². The van der Waals surface area contributed by atoms with Gasteiger partial charge in [-0.05, 0) is 12.3 Å². The molecule has 1 aliphatic rings. The molecule has 0 aromatic rings. The third-order valence-electron chi connectivity index (χ3n) is 3.00. The Labute approximate surface area is 109 Å². The lowest BCUT2D eigenvalue weighted by molar-refractivity contribution is -0.160. The van der Waals surface area contributed by atoms with Crippen molar-refractivity contribution in [1.82, 2.24) is 9.80 Å². The van der Waals surface area contributed by atoms with Gasteiger partial charge in [-0.3, -0.25) is 19.4 Å². The second-order valence-corrected chi connectivity index (χ2v) is 4.18. The first-order valence-corrected chi connectivity index (χ1v) is 5.07. The van der Waals surface area contributed by atoms with Gasteiger partial charge in [0.05, 0.1) is 0 Å². The summed E-state index contributed by atoms with van der Waals surface area (Å²) in [5, 5.41) is 0. The lowest BCUT2D eigenvalue weighted by Crippen LogP contribution is -2.64. The summed E-state index contributed by atoms with van der Waals surface area (Å²) in [5.41, 5.74) is -2.00. The first-order chi connectivity index (χ1) is 10.2. The van der Waals surface area contributed by atoms with Gasteiger partial charge in [0.1, 0.15) is 5.41 Å². The highest BCUT2D eigenvalue weighted by Crippen LogP contribution is 2.39. The number of carbonyl (C=O) groups is 3. The van der Waals surface area contributed by atoms with Gasteiger partial charge in [-0.2, -0.15) is 0 Å². The Morgan fingerprint density at radius 1 is 1.29 bits per heavy atom. The van der Waals surface area contributed by atoms with E-state index in [0.29, 0.717) is 0 Å². The van der Waals surface area contributed by atoms with Crippen LogP contribution in [0.5, 0.6) is 0 Å². The van der Waals surface area contributed by atoms with Gasteiger partial charge in [-0.15, -0.1) is 6.58 Å². The van der Waals surface area contributed by atoms with Crippen LogP contribution in [0.4, 0.5) is 4.79 Å². The molecule has 0 aromatic carbocycles. The van der Waals surface area contributed by atoms with E-state index in [1.54, 1.807) is 0 Å². The molecule has 0 N–H and O–H groups in total. The van der Waals surface area contributed by atoms with Crippen LogP contribution < -0.4 is 0 Å². The first-order valence-electron chi connectivity index (χ1n) is 8.07. The third-order valence-corrected chi connectivity index (χ3v) is 3.00. The Kier molecular flexibility index (Phi) is 1.76. The average molecular weight is 244 g/mol. The van der Waals surface area contributed by atoms with Gasteiger partial charge in [-0.1, -0.05) is 19.9 Å². The van der Waals surface area contributed by atoms with Crippen LogP contribution >= 0.6 is 0 Å². The van der Waals surface area contributed by atoms with Crippen molar-refractivity contribution >= 4 is 17.8 Å². The summed E-state index contributed by atoms with van der Waals surface area (Å²) in [6, 6.07) is -1.67. The molecule has 0 saturated carbocycles. The number of nitrogens with zero attached hydrogens (tertiary/aromatic N) is 2. The van der Waals surface area contributed by atoms with Gasteiger partial charge >= 0.3 is 6.03 Å². The van der Waals surface area contributed by atoms with Crippen LogP contribution in [-0.2, 0) is 9.59 Å². The Morgan fingerprint density at radius 3 is 2.06 bits per heavy atom. The van der Waals surface area contributed by atoms with Gasteiger partial charge < -0.3 is 0 Å². The average Bonchev–Trinajstić information content (AvgIpc) is 2.30. The molecule has 0 atom stereocenters. The highest BCUT2D eigenvalue weighted by molar-refractivity contribution is 6.19. The van der Waals surface area contributed by atoms with Gasteiger partial charge in [0, 0.05) is 22.2 Å². The van der Waals surface area contributed by atoms with Crippen LogP contribution in [-0.4, -0.2) is 41.6 Å². The Hall–Kier alpha value is -1.65. The molecule has 5 nitrogen and oxygen atoms in total. The molecular formula is C12H18N2O3. The Bertz CT molecular complexity index is 516. The smallest absolute Gasteiger partial charge is 0.273 e. The molecule has 17 heavy (non-hydrogen) atoms. The topological polar surface area (TPSA) is 57.7 Å². The normalized spacial score (nSPS) is 26.9. The molecule has 0 bridgehead atoms. The number of hydrogen-bond donors (Lipinski definition) is 0. The quantitative estimate of drug-likeness (QED) is 0.554. The van der Waals surface area contributed by atoms with Gasteiger partial charge in [0.25, 0.3) is 0 Å². The summed E-state index contributed by atoms with van der Waals surface area (Å²) in [4.78, 5) is 37.3. The molecule has 1 fully saturated rings. The largest absolute Gasteiger partial charge is 0.332 e. The van der Waals surface area contributed by atoms with Crippen LogP contribution in [0.15, 0.2) is 12.7 Å². The minimum atomic E-state index is -3.21. The molecule has 0 spiro atoms. The zero-order valence-corrected chi connectivity index (χ0v) is 9.69. The summed E-state index contributed by atoms with van der Waals surface area (Å²) in [5.74, 6) is -3.21. The first kappa shape index (κ1) is 6.93. The zero-order chi connectivity index (χ0) is 18.4. The molecule has 0 unspecified atom stereocenters. The fourth-order valence-corrected chi connectivity index (χ4v) is 1.90. The summed E-state index contributed by atoms with van der Waals surface area (Å²) < 4.78 is 44.2. The molecule has 0 radical (unpaired) electrons. The molecule has 0 aromatic heterocycles. The fourth-order valence-electron chi connectivity index (χ4n) is 1.90. The predicted molar refractivity (Wildman–Crippen MR) is 63.0 cm³/mol. The Balaban J connectivity index is 3.71. The number of urea groups is 1. The fraction of sp³-hybridized carbons (Fsp3) is 0.583. The van der Waals surface area contributed by atoms with Gasteiger partial charge in [0.15, 0.2) is 0 Å². The summed E-state index contributed by atoms with van der Waals surface area (Å²) in [6.45, 7) is -0.0271. The van der Waals surface area contributed by atoms with E-state index < -0.39 is 43.1 Å². The maximum absolute atomic E-state index is 12.7. The predicted octanol–water partition coefficient (Wildman–Crippen LogP) is 1.26. The minimum Gasteiger partial charge on any atom is -0.273 e. The zero-order valence-electron chi connectivity index (χ0n) is 15.7. The third kappa shape index (κ3) is 1.66. The highest BCUT2D eigenvalue weighted by Gasteiger charge is 2.56. The monoisotopic (exact) mass is 244 g/mol. The highest BCUT2D eigenvalue weighted by atomic mass is 16.2. The van der Waals surface area contributed by atoms with Crippen LogP contribution in [0.1, 0.15) is 28.5 Å². The number of allylic oxidation sites excluding steroid dienone is 1. The van der Waals surface area contributed by atoms with E-state index in [-0.39, 0.29) is 16.2 Å². The van der Waals surface area contributed by atoms with Gasteiger partial charge in [0.2, 0.25) is 11.8 Å². The van der Waals surface area contributed by atoms with Crippen molar-refractivity contribution < 1.29 is 22.6 Å². The van der Waals surface area contributed by atoms with E-state index in [4.69, 9.17) is 8.22 Å². The lowest BCUT2D eigenvalue weighted by atomic mass is 9.71. The van der Waals surface area contributed by atoms with Gasteiger partial charge in [-0.25, -0.2) is 4.79 Å². The maximum atomic E-state index is 12.7. The Morgan fingerprint density at radius 2 is 1.76 bits per heavy atom. The van der Waals surface area contributed by atoms with E-state index >= 15 is 0 Å². The van der Waals surface area contributed by atoms with E-state index in [0.717, 1.165) is 0 Å². The number of barbiturate groups is 1. The van der Waals surface area contributed by atoms with E-state index in [2.05, 4.69) is 6.58 Å². The van der Waals surface area contributed by atoms with Crippen molar-refractivity contribution in [2.45, 2.75) is 20.3 Å². The van der Waals surface area contributed by atoms with Crippen molar-refractivity contribution in [1.29, 1.82) is 0 Å². The van der Waals surface area contributed by atoms with Crippen molar-refractivity contribution in [3.8, 4) is 0 Å². The lowest BCUT2D eigenvalue weighted by Gasteiger charge is -2.43. The van der Waals surface area contributed by atoms with E-state index in [1.807, 2.05) is 0 Å². The van der Waals surface area contributed by atoms with Crippen LogP contribution in [0.25, 0.3) is 0 Å². The van der Waals surface area contributed by atoms with Crippen LogP contribution in [0.2, 0.25) is 0 Å². The minimum absolute atomic E-state index is 0.121. The van der Waals surface area contributed by atoms with Crippen molar-refractivity contribution in [2.75, 3.05) is 14.0 Å². The van der Waals surface area contributed by atoms with E-state index in [1.165, 1.54) is 19.9 Å².